The summed E-state index contributed by atoms with van der Waals surface area (Å²) in [5.41, 5.74) is 1.63. The van der Waals surface area contributed by atoms with E-state index < -0.39 is 10.9 Å². The van der Waals surface area contributed by atoms with E-state index >= 15 is 0 Å². The molecule has 21 heavy (non-hydrogen) atoms. The van der Waals surface area contributed by atoms with Gasteiger partial charge in [0.25, 0.3) is 5.69 Å². The summed E-state index contributed by atoms with van der Waals surface area (Å²) in [5, 5.41) is 10.7. The molecule has 1 aromatic rings. The maximum atomic E-state index is 12.0. The molecule has 2 rings (SSSR count). The van der Waals surface area contributed by atoms with Crippen LogP contribution in [0.3, 0.4) is 0 Å². The lowest BCUT2D eigenvalue weighted by Crippen LogP contribution is -2.27. The minimum Gasteiger partial charge on any atom is -0.466 e. The highest BCUT2D eigenvalue weighted by Gasteiger charge is 2.28. The second-order valence-corrected chi connectivity index (χ2v) is 4.63. The summed E-state index contributed by atoms with van der Waals surface area (Å²) in [6, 6.07) is 4.32. The second kappa shape index (κ2) is 5.74. The molecule has 1 aliphatic heterocycles. The first-order valence-electron chi connectivity index (χ1n) is 6.26. The van der Waals surface area contributed by atoms with Crippen molar-refractivity contribution in [3.8, 4) is 0 Å². The SMILES string of the molecule is COC(=O)C(C)=CCN1C(=O)Cc2cc([N+](=O)[O-])ccc21. The number of ether oxygens (including phenoxy) is 1. The van der Waals surface area contributed by atoms with Crippen LogP contribution in [-0.4, -0.2) is 30.5 Å². The van der Waals surface area contributed by atoms with Gasteiger partial charge in [-0.15, -0.1) is 0 Å². The maximum absolute atomic E-state index is 12.0. The Morgan fingerprint density at radius 1 is 1.52 bits per heavy atom. The van der Waals surface area contributed by atoms with Gasteiger partial charge in [-0.25, -0.2) is 4.79 Å². The topological polar surface area (TPSA) is 89.8 Å². The highest BCUT2D eigenvalue weighted by molar-refractivity contribution is 6.02. The third-order valence-electron chi connectivity index (χ3n) is 3.29. The van der Waals surface area contributed by atoms with Crippen molar-refractivity contribution in [2.75, 3.05) is 18.6 Å². The number of hydrogen-bond donors (Lipinski definition) is 0. The van der Waals surface area contributed by atoms with Gasteiger partial charge >= 0.3 is 5.97 Å². The molecule has 110 valence electrons. The Morgan fingerprint density at radius 2 is 2.24 bits per heavy atom. The fourth-order valence-corrected chi connectivity index (χ4v) is 2.16. The van der Waals surface area contributed by atoms with Gasteiger partial charge in [0.2, 0.25) is 5.91 Å². The van der Waals surface area contributed by atoms with Crippen molar-refractivity contribution < 1.29 is 19.2 Å². The van der Waals surface area contributed by atoms with Crippen LogP contribution in [-0.2, 0) is 20.7 Å². The highest BCUT2D eigenvalue weighted by atomic mass is 16.6. The number of carbonyl (C=O) groups is 2. The molecule has 0 aromatic heterocycles. The molecule has 0 unspecified atom stereocenters. The van der Waals surface area contributed by atoms with E-state index in [2.05, 4.69) is 4.74 Å². The number of rotatable bonds is 4. The number of nitro benzene ring substituents is 1. The quantitative estimate of drug-likeness (QED) is 0.363. The lowest BCUT2D eigenvalue weighted by Gasteiger charge is -2.15. The van der Waals surface area contributed by atoms with Gasteiger partial charge in [0, 0.05) is 29.9 Å². The Morgan fingerprint density at radius 3 is 2.86 bits per heavy atom. The Hall–Kier alpha value is -2.70. The molecule has 0 radical (unpaired) electrons. The van der Waals surface area contributed by atoms with Crippen molar-refractivity contribution in [1.82, 2.24) is 0 Å². The summed E-state index contributed by atoms with van der Waals surface area (Å²) in [5.74, 6) is -0.606. The van der Waals surface area contributed by atoms with Gasteiger partial charge in [-0.3, -0.25) is 14.9 Å². The monoisotopic (exact) mass is 290 g/mol. The number of esters is 1. The molecule has 1 aromatic carbocycles. The number of amides is 1. The van der Waals surface area contributed by atoms with E-state index in [0.717, 1.165) is 0 Å². The highest BCUT2D eigenvalue weighted by Crippen LogP contribution is 2.31. The van der Waals surface area contributed by atoms with Gasteiger partial charge in [-0.05, 0) is 18.6 Å². The number of nitro groups is 1. The molecule has 7 nitrogen and oxygen atoms in total. The summed E-state index contributed by atoms with van der Waals surface area (Å²) >= 11 is 0. The predicted octanol–water partition coefficient (Wildman–Crippen LogP) is 1.60. The van der Waals surface area contributed by atoms with Crippen molar-refractivity contribution in [3.63, 3.8) is 0 Å². The largest absolute Gasteiger partial charge is 0.466 e. The van der Waals surface area contributed by atoms with E-state index in [1.54, 1.807) is 19.1 Å². The molecular formula is C14H14N2O5. The van der Waals surface area contributed by atoms with Crippen LogP contribution in [0.1, 0.15) is 12.5 Å². The molecule has 0 aliphatic carbocycles. The zero-order valence-electron chi connectivity index (χ0n) is 11.7. The van der Waals surface area contributed by atoms with Gasteiger partial charge in [0.05, 0.1) is 18.5 Å². The van der Waals surface area contributed by atoms with Crippen LogP contribution >= 0.6 is 0 Å². The number of methoxy groups -OCH3 is 1. The van der Waals surface area contributed by atoms with Crippen molar-refractivity contribution in [2.45, 2.75) is 13.3 Å². The lowest BCUT2D eigenvalue weighted by molar-refractivity contribution is -0.384. The van der Waals surface area contributed by atoms with E-state index in [-0.39, 0.29) is 24.6 Å². The minimum atomic E-state index is -0.491. The molecule has 0 N–H and O–H groups in total. The van der Waals surface area contributed by atoms with E-state index in [1.807, 2.05) is 0 Å². The minimum absolute atomic E-state index is 0.0373. The second-order valence-electron chi connectivity index (χ2n) is 4.63. The van der Waals surface area contributed by atoms with Crippen LogP contribution in [0.2, 0.25) is 0 Å². The van der Waals surface area contributed by atoms with Gasteiger partial charge in [-0.2, -0.15) is 0 Å². The molecule has 0 atom stereocenters. The number of carbonyl (C=O) groups excluding carboxylic acids is 2. The summed E-state index contributed by atoms with van der Waals surface area (Å²) < 4.78 is 4.58. The van der Waals surface area contributed by atoms with E-state index in [0.29, 0.717) is 16.8 Å². The predicted molar refractivity (Wildman–Crippen MR) is 74.9 cm³/mol. The molecule has 1 amide bonds. The van der Waals surface area contributed by atoms with Crippen LogP contribution in [0, 0.1) is 10.1 Å². The molecule has 0 spiro atoms. The Labute approximate surface area is 121 Å². The average molecular weight is 290 g/mol. The smallest absolute Gasteiger partial charge is 0.333 e. The van der Waals surface area contributed by atoms with Gasteiger partial charge < -0.3 is 9.64 Å². The normalized spacial score (nSPS) is 14.1. The van der Waals surface area contributed by atoms with Gasteiger partial charge in [-0.1, -0.05) is 6.08 Å². The number of non-ortho nitro benzene ring substituents is 1. The average Bonchev–Trinajstić information content (AvgIpc) is 2.78. The summed E-state index contributed by atoms with van der Waals surface area (Å²) in [4.78, 5) is 35.0. The van der Waals surface area contributed by atoms with Crippen molar-refractivity contribution >= 4 is 23.3 Å². The van der Waals surface area contributed by atoms with Crippen molar-refractivity contribution in [3.05, 3.63) is 45.5 Å². The molecule has 7 heteroatoms. The number of hydrogen-bond acceptors (Lipinski definition) is 5. The van der Waals surface area contributed by atoms with Crippen LogP contribution in [0.15, 0.2) is 29.8 Å². The zero-order chi connectivity index (χ0) is 15.6. The Balaban J connectivity index is 2.23. The van der Waals surface area contributed by atoms with Gasteiger partial charge in [0.15, 0.2) is 0 Å². The lowest BCUT2D eigenvalue weighted by atomic mass is 10.1. The van der Waals surface area contributed by atoms with E-state index in [1.165, 1.54) is 24.1 Å². The first-order valence-corrected chi connectivity index (χ1v) is 6.26. The number of nitrogens with zero attached hydrogens (tertiary/aromatic N) is 2. The molecule has 0 fully saturated rings. The molecule has 1 heterocycles. The van der Waals surface area contributed by atoms with E-state index in [4.69, 9.17) is 0 Å². The van der Waals surface area contributed by atoms with Crippen LogP contribution in [0.25, 0.3) is 0 Å². The standard InChI is InChI=1S/C14H14N2O5/c1-9(14(18)21-2)5-6-15-12-4-3-11(16(19)20)7-10(12)8-13(15)17/h3-5,7H,6,8H2,1-2H3. The summed E-state index contributed by atoms with van der Waals surface area (Å²) in [6.45, 7) is 1.83. The third-order valence-corrected chi connectivity index (χ3v) is 3.29. The number of fused-ring (bicyclic) bond motifs is 1. The van der Waals surface area contributed by atoms with Crippen molar-refractivity contribution in [2.24, 2.45) is 0 Å². The molecule has 1 aliphatic rings. The maximum Gasteiger partial charge on any atom is 0.333 e. The van der Waals surface area contributed by atoms with Crippen LogP contribution in [0.4, 0.5) is 11.4 Å². The fourth-order valence-electron chi connectivity index (χ4n) is 2.16. The molecule has 0 saturated carbocycles. The number of anilines is 1. The van der Waals surface area contributed by atoms with Crippen LogP contribution in [0.5, 0.6) is 0 Å². The first kappa shape index (κ1) is 14.7. The van der Waals surface area contributed by atoms with Crippen molar-refractivity contribution in [1.29, 1.82) is 0 Å². The third kappa shape index (κ3) is 2.91. The summed E-state index contributed by atoms with van der Waals surface area (Å²) in [7, 11) is 1.29. The van der Waals surface area contributed by atoms with Crippen LogP contribution < -0.4 is 4.90 Å². The zero-order valence-corrected chi connectivity index (χ0v) is 11.7. The molecule has 0 bridgehead atoms. The Kier molecular flexibility index (Phi) is 4.02. The Bertz CT molecular complexity index is 651. The summed E-state index contributed by atoms with van der Waals surface area (Å²) in [6.07, 6.45) is 1.72. The van der Waals surface area contributed by atoms with Gasteiger partial charge in [0.1, 0.15) is 0 Å². The number of benzene rings is 1. The van der Waals surface area contributed by atoms with E-state index in [9.17, 15) is 19.7 Å². The molecular weight excluding hydrogens is 276 g/mol. The fraction of sp³-hybridized carbons (Fsp3) is 0.286. The first-order chi connectivity index (χ1) is 9.93. The molecule has 0 saturated heterocycles.